The highest BCUT2D eigenvalue weighted by Crippen LogP contribution is 2.25. The van der Waals surface area contributed by atoms with Crippen molar-refractivity contribution in [3.63, 3.8) is 0 Å². The smallest absolute Gasteiger partial charge is 0.300 e. The molecule has 0 bridgehead atoms. The number of hydrogen-bond acceptors (Lipinski definition) is 6. The van der Waals surface area contributed by atoms with Crippen LogP contribution in [0.1, 0.15) is 6.92 Å². The Labute approximate surface area is 173 Å². The van der Waals surface area contributed by atoms with Crippen LogP contribution in [0.2, 0.25) is 0 Å². The maximum Gasteiger partial charge on any atom is 0.300 e. The quantitative estimate of drug-likeness (QED) is 0.433. The molecule has 146 valence electrons. The van der Waals surface area contributed by atoms with Crippen LogP contribution in [0.3, 0.4) is 0 Å². The number of fused-ring (bicyclic) bond motifs is 1. The molecule has 4 rings (SSSR count). The SMILES string of the molecule is CC#CC(=O)Nc1cccc(Nc2ncnc(Nc3cccc4ccccc34)n2)c1. The van der Waals surface area contributed by atoms with Gasteiger partial charge in [0, 0.05) is 22.4 Å². The Bertz CT molecular complexity index is 1270. The zero-order valence-electron chi connectivity index (χ0n) is 16.2. The van der Waals surface area contributed by atoms with E-state index in [9.17, 15) is 4.79 Å². The summed E-state index contributed by atoms with van der Waals surface area (Å²) in [6.45, 7) is 1.61. The van der Waals surface area contributed by atoms with Gasteiger partial charge in [-0.1, -0.05) is 48.4 Å². The van der Waals surface area contributed by atoms with E-state index in [1.165, 1.54) is 6.33 Å². The number of benzene rings is 3. The first-order valence-electron chi connectivity index (χ1n) is 9.26. The Hall–Kier alpha value is -4.44. The molecule has 0 radical (unpaired) electrons. The number of hydrogen-bond donors (Lipinski definition) is 3. The molecular formula is C23H18N6O. The average molecular weight is 394 g/mol. The van der Waals surface area contributed by atoms with Crippen molar-refractivity contribution in [3.8, 4) is 11.8 Å². The first kappa shape index (κ1) is 18.9. The minimum absolute atomic E-state index is 0.364. The van der Waals surface area contributed by atoms with Crippen molar-refractivity contribution in [2.45, 2.75) is 6.92 Å². The standard InChI is InChI=1S/C23H18N6O/c1-2-7-21(30)26-17-10-6-11-18(14-17)27-22-24-15-25-23(29-22)28-20-13-5-9-16-8-3-4-12-19(16)20/h3-6,8-15H,1H3,(H,26,30)(H2,24,25,27,28,29). The summed E-state index contributed by atoms with van der Waals surface area (Å²) in [6, 6.07) is 21.3. The van der Waals surface area contributed by atoms with Crippen LogP contribution in [-0.2, 0) is 4.79 Å². The van der Waals surface area contributed by atoms with Crippen LogP contribution in [0.5, 0.6) is 0 Å². The van der Waals surface area contributed by atoms with Gasteiger partial charge in [0.2, 0.25) is 11.9 Å². The number of nitrogens with zero attached hydrogens (tertiary/aromatic N) is 3. The largest absolute Gasteiger partial charge is 0.324 e. The number of carbonyl (C=O) groups is 1. The number of nitrogens with one attached hydrogen (secondary N) is 3. The van der Waals surface area contributed by atoms with E-state index < -0.39 is 0 Å². The van der Waals surface area contributed by atoms with Crippen molar-refractivity contribution in [2.75, 3.05) is 16.0 Å². The number of carbonyl (C=O) groups excluding carboxylic acids is 1. The molecule has 0 atom stereocenters. The van der Waals surface area contributed by atoms with Gasteiger partial charge in [-0.2, -0.15) is 4.98 Å². The van der Waals surface area contributed by atoms with Crippen molar-refractivity contribution in [1.82, 2.24) is 15.0 Å². The zero-order chi connectivity index (χ0) is 20.8. The maximum atomic E-state index is 11.6. The van der Waals surface area contributed by atoms with Crippen LogP contribution < -0.4 is 16.0 Å². The van der Waals surface area contributed by atoms with E-state index in [4.69, 9.17) is 0 Å². The molecule has 30 heavy (non-hydrogen) atoms. The molecule has 3 N–H and O–H groups in total. The van der Waals surface area contributed by atoms with E-state index in [1.807, 2.05) is 42.5 Å². The number of anilines is 5. The van der Waals surface area contributed by atoms with Crippen molar-refractivity contribution >= 4 is 45.6 Å². The highest BCUT2D eigenvalue weighted by atomic mass is 16.1. The fraction of sp³-hybridized carbons (Fsp3) is 0.0435. The van der Waals surface area contributed by atoms with Crippen molar-refractivity contribution < 1.29 is 4.79 Å². The minimum Gasteiger partial charge on any atom is -0.324 e. The molecular weight excluding hydrogens is 376 g/mol. The molecule has 0 aliphatic heterocycles. The highest BCUT2D eigenvalue weighted by Gasteiger charge is 2.06. The fourth-order valence-corrected chi connectivity index (χ4v) is 2.95. The molecule has 3 aromatic carbocycles. The van der Waals surface area contributed by atoms with Gasteiger partial charge in [0.05, 0.1) is 0 Å². The average Bonchev–Trinajstić information content (AvgIpc) is 2.75. The van der Waals surface area contributed by atoms with Crippen LogP contribution in [0.25, 0.3) is 10.8 Å². The van der Waals surface area contributed by atoms with Crippen LogP contribution in [0, 0.1) is 11.8 Å². The van der Waals surface area contributed by atoms with E-state index in [2.05, 4.69) is 54.9 Å². The number of amides is 1. The number of aromatic nitrogens is 3. The van der Waals surface area contributed by atoms with Crippen LogP contribution >= 0.6 is 0 Å². The molecule has 0 unspecified atom stereocenters. The van der Waals surface area contributed by atoms with E-state index in [0.29, 0.717) is 17.6 Å². The lowest BCUT2D eigenvalue weighted by Gasteiger charge is -2.10. The third-order valence-electron chi connectivity index (χ3n) is 4.22. The maximum absolute atomic E-state index is 11.6. The summed E-state index contributed by atoms with van der Waals surface area (Å²) in [5.74, 6) is 5.45. The predicted molar refractivity (Wildman–Crippen MR) is 119 cm³/mol. The molecule has 0 saturated carbocycles. The van der Waals surface area contributed by atoms with Gasteiger partial charge in [-0.3, -0.25) is 4.79 Å². The summed E-state index contributed by atoms with van der Waals surface area (Å²) >= 11 is 0. The molecule has 1 amide bonds. The topological polar surface area (TPSA) is 91.8 Å². The lowest BCUT2D eigenvalue weighted by Crippen LogP contribution is -2.08. The van der Waals surface area contributed by atoms with Gasteiger partial charge in [0.15, 0.2) is 0 Å². The van der Waals surface area contributed by atoms with Gasteiger partial charge < -0.3 is 16.0 Å². The monoisotopic (exact) mass is 394 g/mol. The summed E-state index contributed by atoms with van der Waals surface area (Å²) in [4.78, 5) is 24.5. The summed E-state index contributed by atoms with van der Waals surface area (Å²) in [6.07, 6.45) is 1.44. The molecule has 0 spiro atoms. The molecule has 1 aromatic heterocycles. The van der Waals surface area contributed by atoms with Crippen LogP contribution in [0.15, 0.2) is 73.1 Å². The zero-order valence-corrected chi connectivity index (χ0v) is 16.2. The number of rotatable bonds is 5. The lowest BCUT2D eigenvalue weighted by atomic mass is 10.1. The van der Waals surface area contributed by atoms with Gasteiger partial charge in [-0.15, -0.1) is 0 Å². The summed E-state index contributed by atoms with van der Waals surface area (Å²) in [5, 5.41) is 11.3. The molecule has 7 nitrogen and oxygen atoms in total. The third kappa shape index (κ3) is 4.51. The summed E-state index contributed by atoms with van der Waals surface area (Å²) in [5.41, 5.74) is 2.25. The van der Waals surface area contributed by atoms with E-state index in [-0.39, 0.29) is 5.91 Å². The fourth-order valence-electron chi connectivity index (χ4n) is 2.95. The molecule has 4 aromatic rings. The van der Waals surface area contributed by atoms with Crippen LogP contribution in [-0.4, -0.2) is 20.9 Å². The molecule has 0 aliphatic rings. The predicted octanol–water partition coefficient (Wildman–Crippen LogP) is 4.47. The van der Waals surface area contributed by atoms with Gasteiger partial charge in [-0.05, 0) is 42.5 Å². The van der Waals surface area contributed by atoms with Crippen LogP contribution in [0.4, 0.5) is 29.0 Å². The Morgan fingerprint density at radius 1 is 0.867 bits per heavy atom. The normalized spacial score (nSPS) is 10.0. The van der Waals surface area contributed by atoms with Crippen molar-refractivity contribution in [1.29, 1.82) is 0 Å². The molecule has 0 aliphatic carbocycles. The Kier molecular flexibility index (Phi) is 5.49. The van der Waals surface area contributed by atoms with Gasteiger partial charge >= 0.3 is 0 Å². The first-order valence-corrected chi connectivity index (χ1v) is 9.26. The summed E-state index contributed by atoms with van der Waals surface area (Å²) in [7, 11) is 0. The molecule has 1 heterocycles. The second-order valence-corrected chi connectivity index (χ2v) is 6.32. The van der Waals surface area contributed by atoms with E-state index >= 15 is 0 Å². The van der Waals surface area contributed by atoms with Crippen molar-refractivity contribution in [3.05, 3.63) is 73.1 Å². The molecule has 7 heteroatoms. The first-order chi connectivity index (χ1) is 14.7. The minimum atomic E-state index is -0.364. The van der Waals surface area contributed by atoms with Crippen molar-refractivity contribution in [2.24, 2.45) is 0 Å². The van der Waals surface area contributed by atoms with Gasteiger partial charge in [-0.25, -0.2) is 9.97 Å². The Morgan fingerprint density at radius 2 is 1.60 bits per heavy atom. The van der Waals surface area contributed by atoms with Gasteiger partial charge in [0.25, 0.3) is 5.91 Å². The second-order valence-electron chi connectivity index (χ2n) is 6.32. The third-order valence-corrected chi connectivity index (χ3v) is 4.22. The van der Waals surface area contributed by atoms with E-state index in [1.54, 1.807) is 19.1 Å². The molecule has 0 fully saturated rings. The highest BCUT2D eigenvalue weighted by molar-refractivity contribution is 6.04. The molecule has 0 saturated heterocycles. The van der Waals surface area contributed by atoms with Gasteiger partial charge in [0.1, 0.15) is 6.33 Å². The second kappa shape index (κ2) is 8.71. The Balaban J connectivity index is 1.52. The van der Waals surface area contributed by atoms with E-state index in [0.717, 1.165) is 22.1 Å². The Morgan fingerprint density at radius 3 is 2.47 bits per heavy atom. The summed E-state index contributed by atoms with van der Waals surface area (Å²) < 4.78 is 0. The lowest BCUT2D eigenvalue weighted by molar-refractivity contribution is -0.111.